The Labute approximate surface area is 120 Å². The molecule has 0 bridgehead atoms. The largest absolute Gasteiger partial charge is 0.381 e. The highest BCUT2D eigenvalue weighted by atomic mass is 16.5. The van der Waals surface area contributed by atoms with Gasteiger partial charge in [-0.3, -0.25) is 0 Å². The third kappa shape index (κ3) is 5.41. The molecule has 0 spiro atoms. The van der Waals surface area contributed by atoms with Crippen LogP contribution in [0.5, 0.6) is 0 Å². The van der Waals surface area contributed by atoms with E-state index < -0.39 is 0 Å². The van der Waals surface area contributed by atoms with E-state index in [0.717, 1.165) is 18.6 Å². The SMILES string of the molecule is CC.CCNC1CCC(N2CCC(OC)CC2)CC1. The van der Waals surface area contributed by atoms with E-state index in [0.29, 0.717) is 6.10 Å². The Balaban J connectivity index is 0.000000861. The Kier molecular flexibility index (Phi) is 8.67. The van der Waals surface area contributed by atoms with E-state index in [-0.39, 0.29) is 0 Å². The minimum Gasteiger partial charge on any atom is -0.381 e. The van der Waals surface area contributed by atoms with Gasteiger partial charge < -0.3 is 15.0 Å². The summed E-state index contributed by atoms with van der Waals surface area (Å²) < 4.78 is 5.44. The molecular formula is C16H34N2O. The highest BCUT2D eigenvalue weighted by Gasteiger charge is 2.28. The van der Waals surface area contributed by atoms with Crippen molar-refractivity contribution < 1.29 is 4.74 Å². The van der Waals surface area contributed by atoms with Crippen LogP contribution in [-0.4, -0.2) is 49.8 Å². The van der Waals surface area contributed by atoms with Gasteiger partial charge in [0.2, 0.25) is 0 Å². The number of piperidine rings is 1. The minimum absolute atomic E-state index is 0.518. The maximum Gasteiger partial charge on any atom is 0.0595 e. The molecule has 1 N–H and O–H groups in total. The second-order valence-corrected chi connectivity index (χ2v) is 5.53. The average molecular weight is 270 g/mol. The van der Waals surface area contributed by atoms with Gasteiger partial charge in [0, 0.05) is 32.3 Å². The van der Waals surface area contributed by atoms with Crippen LogP contribution in [-0.2, 0) is 4.74 Å². The van der Waals surface area contributed by atoms with E-state index in [1.807, 2.05) is 21.0 Å². The molecular weight excluding hydrogens is 236 g/mol. The number of hydrogen-bond acceptors (Lipinski definition) is 3. The number of likely N-dealkylation sites (tertiary alicyclic amines) is 1. The molecule has 2 aliphatic rings. The lowest BCUT2D eigenvalue weighted by molar-refractivity contribution is 0.0194. The lowest BCUT2D eigenvalue weighted by Crippen LogP contribution is -2.46. The van der Waals surface area contributed by atoms with Crippen LogP contribution in [0.15, 0.2) is 0 Å². The highest BCUT2D eigenvalue weighted by Crippen LogP contribution is 2.26. The average Bonchev–Trinajstić information content (AvgIpc) is 2.51. The van der Waals surface area contributed by atoms with Gasteiger partial charge in [0.25, 0.3) is 0 Å². The molecule has 1 aliphatic carbocycles. The zero-order valence-corrected chi connectivity index (χ0v) is 13.5. The monoisotopic (exact) mass is 270 g/mol. The van der Waals surface area contributed by atoms with Crippen LogP contribution >= 0.6 is 0 Å². The summed E-state index contributed by atoms with van der Waals surface area (Å²) in [4.78, 5) is 2.71. The maximum atomic E-state index is 5.44. The number of ether oxygens (including phenoxy) is 1. The van der Waals surface area contributed by atoms with Crippen molar-refractivity contribution >= 4 is 0 Å². The first kappa shape index (κ1) is 16.9. The molecule has 3 nitrogen and oxygen atoms in total. The molecule has 0 atom stereocenters. The summed E-state index contributed by atoms with van der Waals surface area (Å²) in [6, 6.07) is 1.63. The molecule has 1 saturated heterocycles. The number of rotatable bonds is 4. The van der Waals surface area contributed by atoms with Crippen LogP contribution in [0, 0.1) is 0 Å². The smallest absolute Gasteiger partial charge is 0.0595 e. The van der Waals surface area contributed by atoms with Gasteiger partial charge in [-0.1, -0.05) is 20.8 Å². The predicted molar refractivity (Wildman–Crippen MR) is 82.7 cm³/mol. The van der Waals surface area contributed by atoms with Crippen molar-refractivity contribution in [3.63, 3.8) is 0 Å². The summed E-state index contributed by atoms with van der Waals surface area (Å²) in [6.45, 7) is 9.82. The fourth-order valence-electron chi connectivity index (χ4n) is 3.41. The molecule has 0 unspecified atom stereocenters. The number of methoxy groups -OCH3 is 1. The molecule has 3 heteroatoms. The molecule has 2 fully saturated rings. The van der Waals surface area contributed by atoms with Crippen LogP contribution in [0.2, 0.25) is 0 Å². The van der Waals surface area contributed by atoms with E-state index in [9.17, 15) is 0 Å². The second-order valence-electron chi connectivity index (χ2n) is 5.53. The van der Waals surface area contributed by atoms with Gasteiger partial charge in [-0.15, -0.1) is 0 Å². The summed E-state index contributed by atoms with van der Waals surface area (Å²) >= 11 is 0. The van der Waals surface area contributed by atoms with Gasteiger partial charge in [0.15, 0.2) is 0 Å². The van der Waals surface area contributed by atoms with Crippen LogP contribution in [0.4, 0.5) is 0 Å². The summed E-state index contributed by atoms with van der Waals surface area (Å²) in [5.74, 6) is 0. The summed E-state index contributed by atoms with van der Waals surface area (Å²) in [5, 5.41) is 3.59. The predicted octanol–water partition coefficient (Wildman–Crippen LogP) is 3.04. The van der Waals surface area contributed by atoms with Gasteiger partial charge in [0.05, 0.1) is 6.10 Å². The molecule has 114 valence electrons. The number of nitrogens with one attached hydrogen (secondary N) is 1. The first-order chi connectivity index (χ1) is 9.33. The topological polar surface area (TPSA) is 24.5 Å². The van der Waals surface area contributed by atoms with Gasteiger partial charge >= 0.3 is 0 Å². The number of nitrogens with zero attached hydrogens (tertiary/aromatic N) is 1. The van der Waals surface area contributed by atoms with Crippen LogP contribution < -0.4 is 5.32 Å². The first-order valence-corrected chi connectivity index (χ1v) is 8.33. The molecule has 0 aromatic heterocycles. The van der Waals surface area contributed by atoms with Crippen molar-refractivity contribution in [3.05, 3.63) is 0 Å². The first-order valence-electron chi connectivity index (χ1n) is 8.33. The molecule has 1 saturated carbocycles. The van der Waals surface area contributed by atoms with Crippen LogP contribution in [0.25, 0.3) is 0 Å². The van der Waals surface area contributed by atoms with Gasteiger partial charge in [-0.2, -0.15) is 0 Å². The van der Waals surface area contributed by atoms with Crippen LogP contribution in [0.3, 0.4) is 0 Å². The third-order valence-corrected chi connectivity index (χ3v) is 4.52. The van der Waals surface area contributed by atoms with Crippen molar-refractivity contribution in [2.45, 2.75) is 77.5 Å². The van der Waals surface area contributed by atoms with E-state index >= 15 is 0 Å². The molecule has 0 aromatic rings. The normalized spacial score (nSPS) is 29.7. The quantitative estimate of drug-likeness (QED) is 0.850. The minimum atomic E-state index is 0.518. The highest BCUT2D eigenvalue weighted by molar-refractivity contribution is 4.85. The Morgan fingerprint density at radius 1 is 1.00 bits per heavy atom. The van der Waals surface area contributed by atoms with E-state index in [2.05, 4.69) is 17.1 Å². The summed E-state index contributed by atoms with van der Waals surface area (Å²) in [6.07, 6.45) is 8.47. The maximum absolute atomic E-state index is 5.44. The summed E-state index contributed by atoms with van der Waals surface area (Å²) in [5.41, 5.74) is 0. The van der Waals surface area contributed by atoms with Gasteiger partial charge in [-0.25, -0.2) is 0 Å². The fraction of sp³-hybridized carbons (Fsp3) is 1.00. The van der Waals surface area contributed by atoms with Gasteiger partial charge in [-0.05, 0) is 45.1 Å². The number of hydrogen-bond donors (Lipinski definition) is 1. The Morgan fingerprint density at radius 3 is 2.05 bits per heavy atom. The molecule has 0 aromatic carbocycles. The molecule has 0 radical (unpaired) electrons. The van der Waals surface area contributed by atoms with Crippen molar-refractivity contribution in [2.75, 3.05) is 26.7 Å². The van der Waals surface area contributed by atoms with Crippen molar-refractivity contribution in [3.8, 4) is 0 Å². The lowest BCUT2D eigenvalue weighted by Gasteiger charge is -2.40. The van der Waals surface area contributed by atoms with Crippen molar-refractivity contribution in [1.29, 1.82) is 0 Å². The van der Waals surface area contributed by atoms with Crippen molar-refractivity contribution in [2.24, 2.45) is 0 Å². The molecule has 1 aliphatic heterocycles. The summed E-state index contributed by atoms with van der Waals surface area (Å²) in [7, 11) is 1.85. The van der Waals surface area contributed by atoms with E-state index in [4.69, 9.17) is 4.74 Å². The van der Waals surface area contributed by atoms with Gasteiger partial charge in [0.1, 0.15) is 0 Å². The zero-order chi connectivity index (χ0) is 14.1. The molecule has 1 heterocycles. The third-order valence-electron chi connectivity index (χ3n) is 4.52. The molecule has 0 amide bonds. The Morgan fingerprint density at radius 2 is 1.58 bits per heavy atom. The molecule has 19 heavy (non-hydrogen) atoms. The standard InChI is InChI=1S/C14H28N2O.C2H6/c1-3-15-12-4-6-13(7-5-12)16-10-8-14(17-2)9-11-16;1-2/h12-15H,3-11H2,1-2H3;1-2H3. The van der Waals surface area contributed by atoms with E-state index in [1.165, 1.54) is 51.6 Å². The molecule has 2 rings (SSSR count). The van der Waals surface area contributed by atoms with Crippen LogP contribution in [0.1, 0.15) is 59.3 Å². The Bertz CT molecular complexity index is 207. The zero-order valence-electron chi connectivity index (χ0n) is 13.5. The second kappa shape index (κ2) is 9.73. The van der Waals surface area contributed by atoms with E-state index in [1.54, 1.807) is 0 Å². The van der Waals surface area contributed by atoms with Crippen molar-refractivity contribution in [1.82, 2.24) is 10.2 Å². The lowest BCUT2D eigenvalue weighted by atomic mass is 9.89. The Hall–Kier alpha value is -0.120. The fourth-order valence-corrected chi connectivity index (χ4v) is 3.41.